The van der Waals surface area contributed by atoms with Crippen LogP contribution >= 0.6 is 0 Å². The minimum atomic E-state index is -0.0920. The maximum atomic E-state index is 12.2. The van der Waals surface area contributed by atoms with E-state index in [2.05, 4.69) is 59.9 Å². The molecule has 1 fully saturated rings. The molecular weight excluding hydrogens is 210 g/mol. The molecule has 1 amide bonds. The van der Waals surface area contributed by atoms with Crippen LogP contribution in [0.5, 0.6) is 0 Å². The summed E-state index contributed by atoms with van der Waals surface area (Å²) in [5, 5.41) is 3.16. The van der Waals surface area contributed by atoms with Crippen LogP contribution < -0.4 is 5.32 Å². The maximum Gasteiger partial charge on any atom is 0.224 e. The largest absolute Gasteiger partial charge is 0.351 e. The molecule has 2 nitrogen and oxygen atoms in total. The highest BCUT2D eigenvalue weighted by molar-refractivity contribution is 5.84. The van der Waals surface area contributed by atoms with Gasteiger partial charge in [-0.2, -0.15) is 0 Å². The molecule has 1 saturated carbocycles. The van der Waals surface area contributed by atoms with Gasteiger partial charge in [0.2, 0.25) is 5.91 Å². The maximum absolute atomic E-state index is 12.2. The first kappa shape index (κ1) is 14.3. The third kappa shape index (κ3) is 3.11. The second-order valence-corrected chi connectivity index (χ2v) is 6.80. The van der Waals surface area contributed by atoms with Gasteiger partial charge in [0, 0.05) is 5.54 Å². The summed E-state index contributed by atoms with van der Waals surface area (Å²) in [5.41, 5.74) is 1.32. The number of rotatable bonds is 4. The van der Waals surface area contributed by atoms with Crippen molar-refractivity contribution in [3.05, 3.63) is 11.6 Å². The van der Waals surface area contributed by atoms with Crippen LogP contribution in [0.2, 0.25) is 0 Å². The van der Waals surface area contributed by atoms with Crippen molar-refractivity contribution in [1.82, 2.24) is 5.32 Å². The summed E-state index contributed by atoms with van der Waals surface area (Å²) in [6.07, 6.45) is 3.20. The summed E-state index contributed by atoms with van der Waals surface area (Å²) in [5.74, 6) is 0.757. The Bertz CT molecular complexity index is 335. The molecule has 1 aliphatic rings. The second kappa shape index (κ2) is 4.47. The standard InChI is InChI=1S/C15H27NO/c1-8-14(4,5)16-13(17)12-11(9-10(2)3)15(12,6)7/h9,11-12H,8H2,1-7H3,(H,16,17). The summed E-state index contributed by atoms with van der Waals surface area (Å²) in [7, 11) is 0. The Morgan fingerprint density at radius 1 is 1.35 bits per heavy atom. The van der Waals surface area contributed by atoms with Gasteiger partial charge in [-0.1, -0.05) is 32.4 Å². The minimum Gasteiger partial charge on any atom is -0.351 e. The van der Waals surface area contributed by atoms with E-state index in [4.69, 9.17) is 0 Å². The molecule has 1 aliphatic carbocycles. The van der Waals surface area contributed by atoms with Crippen LogP contribution in [0.15, 0.2) is 11.6 Å². The molecule has 0 aliphatic heterocycles. The average Bonchev–Trinajstić information content (AvgIpc) is 2.66. The highest BCUT2D eigenvalue weighted by Crippen LogP contribution is 2.59. The molecule has 1 rings (SSSR count). The highest BCUT2D eigenvalue weighted by Gasteiger charge is 2.60. The first-order chi connectivity index (χ1) is 7.62. The molecule has 1 N–H and O–H groups in total. The van der Waals surface area contributed by atoms with Crippen molar-refractivity contribution in [3.63, 3.8) is 0 Å². The fourth-order valence-electron chi connectivity index (χ4n) is 2.35. The average molecular weight is 237 g/mol. The van der Waals surface area contributed by atoms with E-state index in [0.29, 0.717) is 5.92 Å². The Labute approximate surface area is 106 Å². The number of carbonyl (C=O) groups excluding carboxylic acids is 1. The van der Waals surface area contributed by atoms with E-state index in [0.717, 1.165) is 6.42 Å². The third-order valence-electron chi connectivity index (χ3n) is 4.05. The monoisotopic (exact) mass is 237 g/mol. The lowest BCUT2D eigenvalue weighted by Crippen LogP contribution is -2.44. The van der Waals surface area contributed by atoms with Gasteiger partial charge >= 0.3 is 0 Å². The number of carbonyl (C=O) groups is 1. The first-order valence-electron chi connectivity index (χ1n) is 6.59. The van der Waals surface area contributed by atoms with E-state index in [-0.39, 0.29) is 22.8 Å². The van der Waals surface area contributed by atoms with Gasteiger partial charge in [0.25, 0.3) is 0 Å². The van der Waals surface area contributed by atoms with E-state index in [1.54, 1.807) is 0 Å². The Balaban J connectivity index is 2.70. The topological polar surface area (TPSA) is 29.1 Å². The van der Waals surface area contributed by atoms with Crippen LogP contribution in [-0.4, -0.2) is 11.4 Å². The van der Waals surface area contributed by atoms with Gasteiger partial charge in [-0.15, -0.1) is 0 Å². The van der Waals surface area contributed by atoms with Crippen LogP contribution in [0, 0.1) is 17.3 Å². The normalized spacial score (nSPS) is 26.3. The Kier molecular flexibility index (Phi) is 3.75. The number of allylic oxidation sites excluding steroid dienone is 2. The predicted molar refractivity (Wildman–Crippen MR) is 72.7 cm³/mol. The highest BCUT2D eigenvalue weighted by atomic mass is 16.2. The van der Waals surface area contributed by atoms with E-state index in [1.165, 1.54) is 5.57 Å². The third-order valence-corrected chi connectivity index (χ3v) is 4.05. The van der Waals surface area contributed by atoms with Crippen LogP contribution in [0.1, 0.15) is 54.9 Å². The van der Waals surface area contributed by atoms with Gasteiger partial charge in [-0.25, -0.2) is 0 Å². The van der Waals surface area contributed by atoms with Crippen molar-refractivity contribution in [3.8, 4) is 0 Å². The molecule has 0 spiro atoms. The molecule has 17 heavy (non-hydrogen) atoms. The Morgan fingerprint density at radius 3 is 2.29 bits per heavy atom. The van der Waals surface area contributed by atoms with Gasteiger partial charge in [0.05, 0.1) is 5.92 Å². The number of hydrogen-bond acceptors (Lipinski definition) is 1. The summed E-state index contributed by atoms with van der Waals surface area (Å²) in [4.78, 5) is 12.2. The summed E-state index contributed by atoms with van der Waals surface area (Å²) in [6, 6.07) is 0. The molecule has 0 aromatic rings. The van der Waals surface area contributed by atoms with Crippen molar-refractivity contribution in [2.75, 3.05) is 0 Å². The minimum absolute atomic E-state index is 0.0920. The first-order valence-corrected chi connectivity index (χ1v) is 6.59. The number of nitrogens with one attached hydrogen (secondary N) is 1. The van der Waals surface area contributed by atoms with Crippen LogP contribution in [0.4, 0.5) is 0 Å². The lowest BCUT2D eigenvalue weighted by molar-refractivity contribution is -0.124. The molecule has 2 heteroatoms. The molecule has 0 saturated heterocycles. The van der Waals surface area contributed by atoms with Crippen LogP contribution in [-0.2, 0) is 4.79 Å². The molecule has 0 heterocycles. The molecule has 2 atom stereocenters. The van der Waals surface area contributed by atoms with Gasteiger partial charge in [0.15, 0.2) is 0 Å². The van der Waals surface area contributed by atoms with Crippen molar-refractivity contribution in [2.24, 2.45) is 17.3 Å². The lowest BCUT2D eigenvalue weighted by atomic mass is 10.0. The molecule has 0 bridgehead atoms. The van der Waals surface area contributed by atoms with Gasteiger partial charge in [0.1, 0.15) is 0 Å². The predicted octanol–water partition coefficient (Wildman–Crippen LogP) is 3.53. The summed E-state index contributed by atoms with van der Waals surface area (Å²) < 4.78 is 0. The van der Waals surface area contributed by atoms with Gasteiger partial charge < -0.3 is 5.32 Å². The van der Waals surface area contributed by atoms with Crippen molar-refractivity contribution in [1.29, 1.82) is 0 Å². The van der Waals surface area contributed by atoms with Gasteiger partial charge in [-0.05, 0) is 45.4 Å². The fraction of sp³-hybridized carbons (Fsp3) is 0.800. The quantitative estimate of drug-likeness (QED) is 0.745. The van der Waals surface area contributed by atoms with Crippen molar-refractivity contribution < 1.29 is 4.79 Å². The van der Waals surface area contributed by atoms with Gasteiger partial charge in [-0.3, -0.25) is 4.79 Å². The zero-order valence-corrected chi connectivity index (χ0v) is 12.3. The number of hydrogen-bond donors (Lipinski definition) is 1. The molecule has 98 valence electrons. The molecule has 0 aromatic carbocycles. The van der Waals surface area contributed by atoms with E-state index in [1.807, 2.05) is 0 Å². The Hall–Kier alpha value is -0.790. The number of amides is 1. The SMILES string of the molecule is CCC(C)(C)NC(=O)C1C(C=C(C)C)C1(C)C. The smallest absolute Gasteiger partial charge is 0.224 e. The molecular formula is C15H27NO. The molecule has 0 aromatic heterocycles. The zero-order valence-electron chi connectivity index (χ0n) is 12.3. The second-order valence-electron chi connectivity index (χ2n) is 6.80. The van der Waals surface area contributed by atoms with Crippen molar-refractivity contribution >= 4 is 5.91 Å². The van der Waals surface area contributed by atoms with E-state index in [9.17, 15) is 4.79 Å². The molecule has 2 unspecified atom stereocenters. The van der Waals surface area contributed by atoms with E-state index < -0.39 is 0 Å². The summed E-state index contributed by atoms with van der Waals surface area (Å²) in [6.45, 7) is 14.8. The fourth-order valence-corrected chi connectivity index (χ4v) is 2.35. The molecule has 0 radical (unpaired) electrons. The Morgan fingerprint density at radius 2 is 1.88 bits per heavy atom. The van der Waals surface area contributed by atoms with Crippen LogP contribution in [0.3, 0.4) is 0 Å². The van der Waals surface area contributed by atoms with Crippen LogP contribution in [0.25, 0.3) is 0 Å². The van der Waals surface area contributed by atoms with E-state index >= 15 is 0 Å². The lowest BCUT2D eigenvalue weighted by Gasteiger charge is -2.24. The summed E-state index contributed by atoms with van der Waals surface area (Å²) >= 11 is 0. The zero-order chi connectivity index (χ0) is 13.4. The van der Waals surface area contributed by atoms with Crippen molar-refractivity contribution in [2.45, 2.75) is 60.4 Å².